The Bertz CT molecular complexity index is 549. The molecule has 1 atom stereocenters. The predicted molar refractivity (Wildman–Crippen MR) is 79.9 cm³/mol. The van der Waals surface area contributed by atoms with Gasteiger partial charge in [0.2, 0.25) is 10.0 Å². The van der Waals surface area contributed by atoms with Gasteiger partial charge in [-0.15, -0.1) is 0 Å². The molecule has 3 N–H and O–H groups in total. The molecule has 0 aliphatic carbocycles. The van der Waals surface area contributed by atoms with E-state index in [4.69, 9.17) is 5.73 Å². The monoisotopic (exact) mass is 302 g/mol. The van der Waals surface area contributed by atoms with Crippen LogP contribution in [-0.4, -0.2) is 31.3 Å². The molecule has 7 heteroatoms. The maximum atomic E-state index is 12.4. The molecule has 1 aromatic rings. The van der Waals surface area contributed by atoms with E-state index in [9.17, 15) is 8.42 Å². The van der Waals surface area contributed by atoms with Gasteiger partial charge < -0.3 is 5.73 Å². The standard InChI is InChI=1S/C13H26N4O2S/c1-9(2)10(3)8-15-20(18,19)13-11(4)16-17(7-6-14)12(13)5/h9-10,15H,6-8,14H2,1-5H3. The van der Waals surface area contributed by atoms with Gasteiger partial charge in [-0.2, -0.15) is 5.10 Å². The van der Waals surface area contributed by atoms with Crippen LogP contribution in [-0.2, 0) is 16.6 Å². The van der Waals surface area contributed by atoms with Crippen molar-refractivity contribution in [2.24, 2.45) is 17.6 Å². The second-order valence-corrected chi connectivity index (χ2v) is 7.29. The van der Waals surface area contributed by atoms with Gasteiger partial charge in [0.05, 0.1) is 17.9 Å². The van der Waals surface area contributed by atoms with Crippen LogP contribution in [0.25, 0.3) is 0 Å². The Balaban J connectivity index is 2.98. The molecule has 6 nitrogen and oxygen atoms in total. The molecule has 0 aromatic carbocycles. The van der Waals surface area contributed by atoms with E-state index < -0.39 is 10.0 Å². The first-order chi connectivity index (χ1) is 9.20. The molecular formula is C13H26N4O2S. The highest BCUT2D eigenvalue weighted by molar-refractivity contribution is 7.89. The number of sulfonamides is 1. The van der Waals surface area contributed by atoms with Gasteiger partial charge in [-0.3, -0.25) is 4.68 Å². The Morgan fingerprint density at radius 1 is 1.30 bits per heavy atom. The number of aryl methyl sites for hydroxylation is 1. The number of nitrogens with zero attached hydrogens (tertiary/aromatic N) is 2. The van der Waals surface area contributed by atoms with Crippen LogP contribution in [0, 0.1) is 25.7 Å². The molecule has 1 rings (SSSR count). The van der Waals surface area contributed by atoms with E-state index in [-0.39, 0.29) is 10.8 Å². The van der Waals surface area contributed by atoms with Crippen molar-refractivity contribution in [2.45, 2.75) is 46.1 Å². The van der Waals surface area contributed by atoms with Gasteiger partial charge in [0, 0.05) is 13.1 Å². The minimum Gasteiger partial charge on any atom is -0.329 e. The zero-order valence-electron chi connectivity index (χ0n) is 13.0. The van der Waals surface area contributed by atoms with E-state index in [1.54, 1.807) is 18.5 Å². The summed E-state index contributed by atoms with van der Waals surface area (Å²) in [5.41, 5.74) is 6.65. The van der Waals surface area contributed by atoms with Gasteiger partial charge in [-0.05, 0) is 25.7 Å². The van der Waals surface area contributed by atoms with Crippen LogP contribution >= 0.6 is 0 Å². The van der Waals surface area contributed by atoms with E-state index in [2.05, 4.69) is 23.7 Å². The van der Waals surface area contributed by atoms with Crippen molar-refractivity contribution in [3.63, 3.8) is 0 Å². The summed E-state index contributed by atoms with van der Waals surface area (Å²) in [7, 11) is -3.52. The van der Waals surface area contributed by atoms with Crippen LogP contribution in [0.3, 0.4) is 0 Å². The highest BCUT2D eigenvalue weighted by atomic mass is 32.2. The molecule has 1 unspecified atom stereocenters. The molecule has 0 saturated carbocycles. The number of hydrogen-bond donors (Lipinski definition) is 2. The first-order valence-corrected chi connectivity index (χ1v) is 8.42. The lowest BCUT2D eigenvalue weighted by Crippen LogP contribution is -2.31. The minimum atomic E-state index is -3.52. The SMILES string of the molecule is Cc1nn(CCN)c(C)c1S(=O)(=O)NCC(C)C(C)C. The number of aromatic nitrogens is 2. The maximum Gasteiger partial charge on any atom is 0.244 e. The Hall–Kier alpha value is -0.920. The largest absolute Gasteiger partial charge is 0.329 e. The molecule has 0 radical (unpaired) electrons. The molecule has 0 amide bonds. The first kappa shape index (κ1) is 17.1. The Kier molecular flexibility index (Phi) is 5.73. The molecule has 1 aromatic heterocycles. The van der Waals surface area contributed by atoms with Crippen LogP contribution in [0.5, 0.6) is 0 Å². The molecule has 0 aliphatic heterocycles. The first-order valence-electron chi connectivity index (χ1n) is 6.94. The lowest BCUT2D eigenvalue weighted by Gasteiger charge is -2.16. The van der Waals surface area contributed by atoms with Crippen molar-refractivity contribution in [2.75, 3.05) is 13.1 Å². The molecule has 116 valence electrons. The third-order valence-corrected chi connectivity index (χ3v) is 5.33. The minimum absolute atomic E-state index is 0.280. The Morgan fingerprint density at radius 2 is 1.90 bits per heavy atom. The highest BCUT2D eigenvalue weighted by Crippen LogP contribution is 2.19. The zero-order valence-corrected chi connectivity index (χ0v) is 13.8. The zero-order chi connectivity index (χ0) is 15.5. The molecule has 0 saturated heterocycles. The van der Waals surface area contributed by atoms with Gasteiger partial charge in [0.25, 0.3) is 0 Å². The van der Waals surface area contributed by atoms with Crippen molar-refractivity contribution in [1.82, 2.24) is 14.5 Å². The molecule has 20 heavy (non-hydrogen) atoms. The second kappa shape index (κ2) is 6.69. The summed E-state index contributed by atoms with van der Waals surface area (Å²) >= 11 is 0. The average molecular weight is 302 g/mol. The summed E-state index contributed by atoms with van der Waals surface area (Å²) in [4.78, 5) is 0.280. The third kappa shape index (κ3) is 3.80. The second-order valence-electron chi connectivity index (χ2n) is 5.58. The topological polar surface area (TPSA) is 90.0 Å². The average Bonchev–Trinajstić information content (AvgIpc) is 2.62. The van der Waals surface area contributed by atoms with E-state index in [0.717, 1.165) is 0 Å². The Morgan fingerprint density at radius 3 is 2.40 bits per heavy atom. The van der Waals surface area contributed by atoms with Gasteiger partial charge >= 0.3 is 0 Å². The van der Waals surface area contributed by atoms with Gasteiger partial charge in [0.15, 0.2) is 0 Å². The molecule has 0 aliphatic rings. The Labute approximate surface area is 121 Å². The summed E-state index contributed by atoms with van der Waals surface area (Å²) in [5.74, 6) is 0.712. The fourth-order valence-corrected chi connectivity index (χ4v) is 3.51. The number of rotatable bonds is 7. The van der Waals surface area contributed by atoms with Gasteiger partial charge in [-0.1, -0.05) is 20.8 Å². The fourth-order valence-electron chi connectivity index (χ4n) is 1.96. The molecule has 0 spiro atoms. The number of nitrogens with one attached hydrogen (secondary N) is 1. The van der Waals surface area contributed by atoms with E-state index in [1.165, 1.54) is 0 Å². The van der Waals surface area contributed by atoms with Crippen LogP contribution in [0.4, 0.5) is 0 Å². The van der Waals surface area contributed by atoms with Crippen molar-refractivity contribution in [1.29, 1.82) is 0 Å². The van der Waals surface area contributed by atoms with Gasteiger partial charge in [0.1, 0.15) is 4.90 Å². The lowest BCUT2D eigenvalue weighted by atomic mass is 9.99. The van der Waals surface area contributed by atoms with Crippen molar-refractivity contribution < 1.29 is 8.42 Å². The molecule has 0 fully saturated rings. The van der Waals surface area contributed by atoms with Gasteiger partial charge in [-0.25, -0.2) is 13.1 Å². The number of nitrogens with two attached hydrogens (primary N) is 1. The van der Waals surface area contributed by atoms with Crippen LogP contribution in [0.1, 0.15) is 32.2 Å². The van der Waals surface area contributed by atoms with Crippen molar-refractivity contribution >= 4 is 10.0 Å². The fraction of sp³-hybridized carbons (Fsp3) is 0.769. The highest BCUT2D eigenvalue weighted by Gasteiger charge is 2.25. The normalized spacial score (nSPS) is 13.9. The number of hydrogen-bond acceptors (Lipinski definition) is 4. The molecule has 1 heterocycles. The lowest BCUT2D eigenvalue weighted by molar-refractivity contribution is 0.414. The summed E-state index contributed by atoms with van der Waals surface area (Å²) < 4.78 is 29.2. The van der Waals surface area contributed by atoms with E-state index >= 15 is 0 Å². The van der Waals surface area contributed by atoms with E-state index in [1.807, 2.05) is 6.92 Å². The van der Waals surface area contributed by atoms with Crippen LogP contribution in [0.15, 0.2) is 4.90 Å². The smallest absolute Gasteiger partial charge is 0.244 e. The van der Waals surface area contributed by atoms with E-state index in [0.29, 0.717) is 36.9 Å². The summed E-state index contributed by atoms with van der Waals surface area (Å²) in [6, 6.07) is 0. The predicted octanol–water partition coefficient (Wildman–Crippen LogP) is 1.03. The molecular weight excluding hydrogens is 276 g/mol. The summed E-state index contributed by atoms with van der Waals surface area (Å²) in [6.07, 6.45) is 0. The third-order valence-electron chi connectivity index (χ3n) is 3.66. The van der Waals surface area contributed by atoms with Crippen LogP contribution < -0.4 is 10.5 Å². The quantitative estimate of drug-likeness (QED) is 0.787. The van der Waals surface area contributed by atoms with Crippen LogP contribution in [0.2, 0.25) is 0 Å². The summed E-state index contributed by atoms with van der Waals surface area (Å²) in [6.45, 7) is 11.0. The van der Waals surface area contributed by atoms with Crippen molar-refractivity contribution in [3.05, 3.63) is 11.4 Å². The summed E-state index contributed by atoms with van der Waals surface area (Å²) in [5, 5.41) is 4.25. The molecule has 0 bridgehead atoms. The maximum absolute atomic E-state index is 12.4. The van der Waals surface area contributed by atoms with Crippen molar-refractivity contribution in [3.8, 4) is 0 Å².